The highest BCUT2D eigenvalue weighted by molar-refractivity contribution is 5.67. The molecule has 0 aliphatic heterocycles. The number of aliphatic carboxylic acids is 1. The number of pyridine rings is 1. The van der Waals surface area contributed by atoms with E-state index in [1.807, 2.05) is 23.7 Å². The monoisotopic (exact) mass is 231 g/mol. The van der Waals surface area contributed by atoms with Gasteiger partial charge in [0.1, 0.15) is 5.82 Å². The first kappa shape index (κ1) is 11.3. The fourth-order valence-corrected chi connectivity index (χ4v) is 1.68. The summed E-state index contributed by atoms with van der Waals surface area (Å²) in [5.74, 6) is 0.0319. The van der Waals surface area contributed by atoms with Gasteiger partial charge in [0.2, 0.25) is 0 Å². The second kappa shape index (κ2) is 4.78. The number of aromatic nitrogens is 3. The second-order valence-corrected chi connectivity index (χ2v) is 3.76. The minimum absolute atomic E-state index is 0.120. The lowest BCUT2D eigenvalue weighted by Crippen LogP contribution is -2.03. The van der Waals surface area contributed by atoms with Gasteiger partial charge in [-0.05, 0) is 18.6 Å². The van der Waals surface area contributed by atoms with E-state index in [-0.39, 0.29) is 6.42 Å². The summed E-state index contributed by atoms with van der Waals surface area (Å²) in [6.07, 6.45) is 5.75. The molecule has 0 amide bonds. The number of aryl methyl sites for hydroxylation is 1. The summed E-state index contributed by atoms with van der Waals surface area (Å²) in [7, 11) is 1.89. The van der Waals surface area contributed by atoms with Gasteiger partial charge in [0, 0.05) is 36.9 Å². The Morgan fingerprint density at radius 2 is 2.12 bits per heavy atom. The van der Waals surface area contributed by atoms with Crippen LogP contribution in [0.2, 0.25) is 0 Å². The number of hydrogen-bond acceptors (Lipinski definition) is 3. The summed E-state index contributed by atoms with van der Waals surface area (Å²) in [5, 5.41) is 8.65. The summed E-state index contributed by atoms with van der Waals surface area (Å²) in [4.78, 5) is 18.8. The van der Waals surface area contributed by atoms with E-state index in [1.165, 1.54) is 0 Å². The highest BCUT2D eigenvalue weighted by Crippen LogP contribution is 2.18. The van der Waals surface area contributed by atoms with E-state index < -0.39 is 5.97 Å². The molecule has 0 saturated heterocycles. The number of carboxylic acid groups (broad SMARTS) is 1. The second-order valence-electron chi connectivity index (χ2n) is 3.76. The van der Waals surface area contributed by atoms with E-state index >= 15 is 0 Å². The predicted octanol–water partition coefficient (Wildman–Crippen LogP) is 1.50. The first-order valence-electron chi connectivity index (χ1n) is 5.31. The summed E-state index contributed by atoms with van der Waals surface area (Å²) in [6.45, 7) is 0. The highest BCUT2D eigenvalue weighted by atomic mass is 16.4. The van der Waals surface area contributed by atoms with Crippen molar-refractivity contribution in [2.75, 3.05) is 0 Å². The van der Waals surface area contributed by atoms with Gasteiger partial charge in [-0.3, -0.25) is 9.78 Å². The van der Waals surface area contributed by atoms with Crippen LogP contribution in [0.1, 0.15) is 12.1 Å². The van der Waals surface area contributed by atoms with Gasteiger partial charge in [-0.1, -0.05) is 0 Å². The van der Waals surface area contributed by atoms with Gasteiger partial charge < -0.3 is 9.67 Å². The molecule has 2 aromatic heterocycles. The van der Waals surface area contributed by atoms with Gasteiger partial charge in [0.25, 0.3) is 0 Å². The van der Waals surface area contributed by atoms with E-state index in [9.17, 15) is 4.79 Å². The van der Waals surface area contributed by atoms with Crippen LogP contribution in [0.3, 0.4) is 0 Å². The Hall–Kier alpha value is -2.17. The Kier molecular flexibility index (Phi) is 3.18. The van der Waals surface area contributed by atoms with Crippen molar-refractivity contribution in [1.29, 1.82) is 0 Å². The van der Waals surface area contributed by atoms with Gasteiger partial charge in [0.05, 0.1) is 6.42 Å². The van der Waals surface area contributed by atoms with E-state index in [0.717, 1.165) is 17.1 Å². The lowest BCUT2D eigenvalue weighted by Gasteiger charge is -2.04. The van der Waals surface area contributed by atoms with Crippen molar-refractivity contribution in [3.8, 4) is 11.4 Å². The molecule has 5 nitrogen and oxygen atoms in total. The molecule has 0 fully saturated rings. The lowest BCUT2D eigenvalue weighted by molar-refractivity contribution is -0.136. The molecule has 0 spiro atoms. The van der Waals surface area contributed by atoms with Gasteiger partial charge in [-0.15, -0.1) is 0 Å². The molecule has 2 aromatic rings. The van der Waals surface area contributed by atoms with Crippen LogP contribution in [0.25, 0.3) is 11.4 Å². The molecule has 0 atom stereocenters. The van der Waals surface area contributed by atoms with Crippen molar-refractivity contribution >= 4 is 5.97 Å². The molecule has 0 aliphatic carbocycles. The van der Waals surface area contributed by atoms with Crippen LogP contribution in [0.5, 0.6) is 0 Å². The average Bonchev–Trinajstić information content (AvgIpc) is 2.69. The van der Waals surface area contributed by atoms with E-state index in [1.54, 1.807) is 18.6 Å². The molecule has 0 unspecified atom stereocenters. The smallest absolute Gasteiger partial charge is 0.303 e. The Balaban J connectivity index is 2.24. The number of rotatable bonds is 4. The fourth-order valence-electron chi connectivity index (χ4n) is 1.68. The third-order valence-electron chi connectivity index (χ3n) is 2.62. The third kappa shape index (κ3) is 2.50. The Morgan fingerprint density at radius 3 is 2.76 bits per heavy atom. The molecule has 0 radical (unpaired) electrons. The SMILES string of the molecule is Cn1c(CCC(=O)O)cnc1-c1ccncc1. The average molecular weight is 231 g/mol. The molecule has 88 valence electrons. The number of nitrogens with zero attached hydrogens (tertiary/aromatic N) is 3. The van der Waals surface area contributed by atoms with Gasteiger partial charge in [-0.25, -0.2) is 4.98 Å². The van der Waals surface area contributed by atoms with Crippen LogP contribution in [-0.2, 0) is 18.3 Å². The molecular formula is C12H13N3O2. The van der Waals surface area contributed by atoms with E-state index in [0.29, 0.717) is 6.42 Å². The van der Waals surface area contributed by atoms with Crippen molar-refractivity contribution in [3.63, 3.8) is 0 Å². The van der Waals surface area contributed by atoms with Crippen LogP contribution in [-0.4, -0.2) is 25.6 Å². The summed E-state index contributed by atoms with van der Waals surface area (Å²) < 4.78 is 1.91. The largest absolute Gasteiger partial charge is 0.481 e. The van der Waals surface area contributed by atoms with Crippen LogP contribution in [0.4, 0.5) is 0 Å². The summed E-state index contributed by atoms with van der Waals surface area (Å²) in [6, 6.07) is 3.76. The maximum atomic E-state index is 10.5. The standard InChI is InChI=1S/C12H13N3O2/c1-15-10(2-3-11(16)17)8-14-12(15)9-4-6-13-7-5-9/h4-8H,2-3H2,1H3,(H,16,17). The summed E-state index contributed by atoms with van der Waals surface area (Å²) >= 11 is 0. The van der Waals surface area contributed by atoms with Crippen molar-refractivity contribution in [3.05, 3.63) is 36.4 Å². The lowest BCUT2D eigenvalue weighted by atomic mass is 10.2. The van der Waals surface area contributed by atoms with Crippen molar-refractivity contribution < 1.29 is 9.90 Å². The normalized spacial score (nSPS) is 10.4. The topological polar surface area (TPSA) is 68.0 Å². The molecule has 1 N–H and O–H groups in total. The Labute approximate surface area is 98.8 Å². The molecule has 0 bridgehead atoms. The van der Waals surface area contributed by atoms with Crippen LogP contribution in [0.15, 0.2) is 30.7 Å². The fraction of sp³-hybridized carbons (Fsp3) is 0.250. The minimum atomic E-state index is -0.795. The summed E-state index contributed by atoms with van der Waals surface area (Å²) in [5.41, 5.74) is 1.89. The van der Waals surface area contributed by atoms with E-state index in [2.05, 4.69) is 9.97 Å². The van der Waals surface area contributed by atoms with Crippen molar-refractivity contribution in [1.82, 2.24) is 14.5 Å². The minimum Gasteiger partial charge on any atom is -0.481 e. The van der Waals surface area contributed by atoms with Crippen molar-refractivity contribution in [2.45, 2.75) is 12.8 Å². The number of imidazole rings is 1. The zero-order valence-electron chi connectivity index (χ0n) is 9.50. The first-order chi connectivity index (χ1) is 8.18. The molecule has 0 aromatic carbocycles. The number of hydrogen-bond donors (Lipinski definition) is 1. The Morgan fingerprint density at radius 1 is 1.41 bits per heavy atom. The Bertz CT molecular complexity index is 520. The molecule has 17 heavy (non-hydrogen) atoms. The maximum Gasteiger partial charge on any atom is 0.303 e. The predicted molar refractivity (Wildman–Crippen MR) is 62.4 cm³/mol. The van der Waals surface area contributed by atoms with Crippen LogP contribution >= 0.6 is 0 Å². The van der Waals surface area contributed by atoms with Crippen LogP contribution in [0, 0.1) is 0 Å². The van der Waals surface area contributed by atoms with Crippen molar-refractivity contribution in [2.24, 2.45) is 7.05 Å². The molecule has 2 rings (SSSR count). The molecule has 5 heteroatoms. The zero-order chi connectivity index (χ0) is 12.3. The molecule has 2 heterocycles. The van der Waals surface area contributed by atoms with Crippen LogP contribution < -0.4 is 0 Å². The van der Waals surface area contributed by atoms with Gasteiger partial charge >= 0.3 is 5.97 Å². The molecular weight excluding hydrogens is 218 g/mol. The highest BCUT2D eigenvalue weighted by Gasteiger charge is 2.09. The molecule has 0 aliphatic rings. The van der Waals surface area contributed by atoms with Gasteiger partial charge in [0.15, 0.2) is 0 Å². The first-order valence-corrected chi connectivity index (χ1v) is 5.31. The molecule has 0 saturated carbocycles. The van der Waals surface area contributed by atoms with Gasteiger partial charge in [-0.2, -0.15) is 0 Å². The zero-order valence-corrected chi connectivity index (χ0v) is 9.50. The van der Waals surface area contributed by atoms with E-state index in [4.69, 9.17) is 5.11 Å². The maximum absolute atomic E-state index is 10.5. The third-order valence-corrected chi connectivity index (χ3v) is 2.62. The number of carbonyl (C=O) groups is 1. The quantitative estimate of drug-likeness (QED) is 0.865. The number of carboxylic acids is 1.